The van der Waals surface area contributed by atoms with Crippen LogP contribution in [-0.4, -0.2) is 18.9 Å². The predicted molar refractivity (Wildman–Crippen MR) is 81.9 cm³/mol. The number of para-hydroxylation sites is 1. The quantitative estimate of drug-likeness (QED) is 0.584. The Hall–Kier alpha value is -1.59. The molecule has 5 heteroatoms. The molecule has 0 aromatic heterocycles. The summed E-state index contributed by atoms with van der Waals surface area (Å²) in [6.07, 6.45) is 0. The Balaban J connectivity index is 1.73. The number of benzene rings is 2. The van der Waals surface area contributed by atoms with Gasteiger partial charge in [0, 0.05) is 29.3 Å². The van der Waals surface area contributed by atoms with E-state index < -0.39 is 6.61 Å². The molecule has 0 heterocycles. The number of hydrogen-bond acceptors (Lipinski definition) is 3. The summed E-state index contributed by atoms with van der Waals surface area (Å²) in [6, 6.07) is 17.0. The van der Waals surface area contributed by atoms with Crippen LogP contribution in [0.2, 0.25) is 0 Å². The first-order valence-corrected chi connectivity index (χ1v) is 7.65. The molecule has 0 amide bonds. The van der Waals surface area contributed by atoms with Crippen molar-refractivity contribution in [1.29, 1.82) is 0 Å². The van der Waals surface area contributed by atoms with Gasteiger partial charge in [-0.25, -0.2) is 0 Å². The molecule has 0 bridgehead atoms. The summed E-state index contributed by atoms with van der Waals surface area (Å²) < 4.78 is 29.1. The zero-order chi connectivity index (χ0) is 14.9. The van der Waals surface area contributed by atoms with Gasteiger partial charge in [0.15, 0.2) is 0 Å². The SMILES string of the molecule is FC(F)Oc1ccccc1CNCCSc1ccccc1. The van der Waals surface area contributed by atoms with Crippen molar-refractivity contribution in [3.63, 3.8) is 0 Å². The molecular formula is C16H17F2NOS. The van der Waals surface area contributed by atoms with Gasteiger partial charge < -0.3 is 10.1 Å². The molecular weight excluding hydrogens is 292 g/mol. The summed E-state index contributed by atoms with van der Waals surface area (Å²) in [5, 5.41) is 3.24. The van der Waals surface area contributed by atoms with Crippen molar-refractivity contribution in [1.82, 2.24) is 5.32 Å². The minimum Gasteiger partial charge on any atom is -0.434 e. The van der Waals surface area contributed by atoms with Crippen LogP contribution in [0.25, 0.3) is 0 Å². The van der Waals surface area contributed by atoms with Gasteiger partial charge in [-0.05, 0) is 18.2 Å². The molecule has 0 fully saturated rings. The number of hydrogen-bond donors (Lipinski definition) is 1. The molecule has 0 unspecified atom stereocenters. The molecule has 0 aliphatic carbocycles. The van der Waals surface area contributed by atoms with E-state index in [0.29, 0.717) is 6.54 Å². The van der Waals surface area contributed by atoms with Gasteiger partial charge in [-0.3, -0.25) is 0 Å². The first-order chi connectivity index (χ1) is 10.3. The number of alkyl halides is 2. The monoisotopic (exact) mass is 309 g/mol. The highest BCUT2D eigenvalue weighted by atomic mass is 32.2. The highest BCUT2D eigenvalue weighted by molar-refractivity contribution is 7.99. The third kappa shape index (κ3) is 5.73. The lowest BCUT2D eigenvalue weighted by Crippen LogP contribution is -2.17. The third-order valence-electron chi connectivity index (χ3n) is 2.79. The molecule has 1 N–H and O–H groups in total. The van der Waals surface area contributed by atoms with E-state index in [4.69, 9.17) is 0 Å². The Bertz CT molecular complexity index is 537. The molecule has 0 spiro atoms. The van der Waals surface area contributed by atoms with Crippen LogP contribution in [0.15, 0.2) is 59.5 Å². The number of halogens is 2. The zero-order valence-corrected chi connectivity index (χ0v) is 12.3. The standard InChI is InChI=1S/C16H17F2NOS/c17-16(18)20-15-9-5-4-6-13(15)12-19-10-11-21-14-7-2-1-3-8-14/h1-9,16,19H,10-12H2. The number of nitrogens with one attached hydrogen (secondary N) is 1. The van der Waals surface area contributed by atoms with E-state index in [2.05, 4.69) is 22.2 Å². The smallest absolute Gasteiger partial charge is 0.387 e. The molecule has 21 heavy (non-hydrogen) atoms. The number of rotatable bonds is 8. The zero-order valence-electron chi connectivity index (χ0n) is 11.5. The fourth-order valence-electron chi connectivity index (χ4n) is 1.84. The number of ether oxygens (including phenoxy) is 1. The summed E-state index contributed by atoms with van der Waals surface area (Å²) >= 11 is 1.76. The van der Waals surface area contributed by atoms with Gasteiger partial charge in [0.2, 0.25) is 0 Å². The Morgan fingerprint density at radius 3 is 2.48 bits per heavy atom. The van der Waals surface area contributed by atoms with Crippen molar-refractivity contribution >= 4 is 11.8 Å². The molecule has 0 aliphatic rings. The summed E-state index contributed by atoms with van der Waals surface area (Å²) in [6.45, 7) is -1.49. The van der Waals surface area contributed by atoms with Crippen LogP contribution < -0.4 is 10.1 Å². The van der Waals surface area contributed by atoms with Crippen LogP contribution in [0.3, 0.4) is 0 Å². The van der Waals surface area contributed by atoms with E-state index in [-0.39, 0.29) is 5.75 Å². The van der Waals surface area contributed by atoms with Crippen LogP contribution in [0, 0.1) is 0 Å². The van der Waals surface area contributed by atoms with Crippen LogP contribution in [0.1, 0.15) is 5.56 Å². The van der Waals surface area contributed by atoms with Crippen molar-refractivity contribution in [2.24, 2.45) is 0 Å². The van der Waals surface area contributed by atoms with E-state index in [9.17, 15) is 8.78 Å². The topological polar surface area (TPSA) is 21.3 Å². The van der Waals surface area contributed by atoms with Crippen LogP contribution in [0.5, 0.6) is 5.75 Å². The fourth-order valence-corrected chi connectivity index (χ4v) is 2.67. The van der Waals surface area contributed by atoms with Crippen molar-refractivity contribution in [3.05, 3.63) is 60.2 Å². The predicted octanol–water partition coefficient (Wildman–Crippen LogP) is 4.17. The Morgan fingerprint density at radius 2 is 1.71 bits per heavy atom. The van der Waals surface area contributed by atoms with Gasteiger partial charge in [0.1, 0.15) is 5.75 Å². The molecule has 0 saturated heterocycles. The van der Waals surface area contributed by atoms with Crippen LogP contribution in [-0.2, 0) is 6.54 Å². The summed E-state index contributed by atoms with van der Waals surface area (Å²) in [5.41, 5.74) is 0.738. The minimum absolute atomic E-state index is 0.232. The molecule has 112 valence electrons. The van der Waals surface area contributed by atoms with E-state index in [0.717, 1.165) is 17.9 Å². The second-order valence-electron chi connectivity index (χ2n) is 4.32. The van der Waals surface area contributed by atoms with Gasteiger partial charge in [-0.2, -0.15) is 8.78 Å². The van der Waals surface area contributed by atoms with Crippen molar-refractivity contribution < 1.29 is 13.5 Å². The van der Waals surface area contributed by atoms with E-state index in [1.165, 1.54) is 4.90 Å². The lowest BCUT2D eigenvalue weighted by molar-refractivity contribution is -0.0504. The summed E-state index contributed by atoms with van der Waals surface area (Å²) in [7, 11) is 0. The molecule has 2 aromatic rings. The van der Waals surface area contributed by atoms with Crippen molar-refractivity contribution in [3.8, 4) is 5.75 Å². The second-order valence-corrected chi connectivity index (χ2v) is 5.49. The molecule has 2 aromatic carbocycles. The van der Waals surface area contributed by atoms with Crippen LogP contribution in [0.4, 0.5) is 8.78 Å². The Kier molecular flexibility index (Phi) is 6.50. The second kappa shape index (κ2) is 8.64. The molecule has 2 nitrogen and oxygen atoms in total. The van der Waals surface area contributed by atoms with Gasteiger partial charge in [0.25, 0.3) is 0 Å². The van der Waals surface area contributed by atoms with Gasteiger partial charge in [0.05, 0.1) is 0 Å². The minimum atomic E-state index is -2.79. The maximum absolute atomic E-state index is 12.3. The van der Waals surface area contributed by atoms with Gasteiger partial charge >= 0.3 is 6.61 Å². The molecule has 2 rings (SSSR count). The van der Waals surface area contributed by atoms with E-state index in [1.54, 1.807) is 30.0 Å². The summed E-state index contributed by atoms with van der Waals surface area (Å²) in [4.78, 5) is 1.22. The number of thioether (sulfide) groups is 1. The average molecular weight is 309 g/mol. The molecule has 0 atom stereocenters. The maximum atomic E-state index is 12.3. The first kappa shape index (κ1) is 15.8. The lowest BCUT2D eigenvalue weighted by atomic mass is 10.2. The lowest BCUT2D eigenvalue weighted by Gasteiger charge is -2.11. The summed E-state index contributed by atoms with van der Waals surface area (Å²) in [5.74, 6) is 1.15. The highest BCUT2D eigenvalue weighted by Crippen LogP contribution is 2.20. The first-order valence-electron chi connectivity index (χ1n) is 6.67. The largest absolute Gasteiger partial charge is 0.434 e. The van der Waals surface area contributed by atoms with Gasteiger partial charge in [-0.15, -0.1) is 11.8 Å². The van der Waals surface area contributed by atoms with Crippen molar-refractivity contribution in [2.45, 2.75) is 18.1 Å². The van der Waals surface area contributed by atoms with Gasteiger partial charge in [-0.1, -0.05) is 36.4 Å². The molecule has 0 saturated carbocycles. The molecule has 0 radical (unpaired) electrons. The average Bonchev–Trinajstić information content (AvgIpc) is 2.49. The third-order valence-corrected chi connectivity index (χ3v) is 3.81. The highest BCUT2D eigenvalue weighted by Gasteiger charge is 2.08. The van der Waals surface area contributed by atoms with E-state index >= 15 is 0 Å². The molecule has 0 aliphatic heterocycles. The Morgan fingerprint density at radius 1 is 1.00 bits per heavy atom. The van der Waals surface area contributed by atoms with Crippen molar-refractivity contribution in [2.75, 3.05) is 12.3 Å². The normalized spacial score (nSPS) is 10.8. The Labute approximate surface area is 127 Å². The maximum Gasteiger partial charge on any atom is 0.387 e. The van der Waals surface area contributed by atoms with Crippen LogP contribution >= 0.6 is 11.8 Å². The van der Waals surface area contributed by atoms with E-state index in [1.807, 2.05) is 24.3 Å². The fraction of sp³-hybridized carbons (Fsp3) is 0.250.